The molecule has 8 nitrogen and oxygen atoms in total. The van der Waals surface area contributed by atoms with Gasteiger partial charge in [-0.3, -0.25) is 9.59 Å². The normalized spacial score (nSPS) is 10.5. The van der Waals surface area contributed by atoms with Crippen molar-refractivity contribution in [3.63, 3.8) is 0 Å². The molecule has 0 bridgehead atoms. The summed E-state index contributed by atoms with van der Waals surface area (Å²) in [5.74, 6) is 0.874. The van der Waals surface area contributed by atoms with E-state index in [1.807, 2.05) is 12.1 Å². The molecule has 0 radical (unpaired) electrons. The molecule has 9 heteroatoms. The van der Waals surface area contributed by atoms with Crippen molar-refractivity contribution in [2.75, 3.05) is 19.0 Å². The summed E-state index contributed by atoms with van der Waals surface area (Å²) in [5.41, 5.74) is 2.16. The second-order valence-corrected chi connectivity index (χ2v) is 6.88. The number of aromatic nitrogens is 2. The number of nitrogens with zero attached hydrogens (tertiary/aromatic N) is 2. The second kappa shape index (κ2) is 9.89. The van der Waals surface area contributed by atoms with Crippen LogP contribution in [0.25, 0.3) is 11.4 Å². The highest BCUT2D eigenvalue weighted by molar-refractivity contribution is 6.31. The summed E-state index contributed by atoms with van der Waals surface area (Å²) < 4.78 is 10.3. The Kier molecular flexibility index (Phi) is 7.03. The predicted molar refractivity (Wildman–Crippen MR) is 112 cm³/mol. The zero-order valence-corrected chi connectivity index (χ0v) is 17.3. The number of carbonyl (C=O) groups is 2. The van der Waals surface area contributed by atoms with E-state index in [0.717, 1.165) is 16.9 Å². The van der Waals surface area contributed by atoms with Crippen molar-refractivity contribution in [2.24, 2.45) is 0 Å². The quantitative estimate of drug-likeness (QED) is 0.569. The maximum absolute atomic E-state index is 12.0. The van der Waals surface area contributed by atoms with Gasteiger partial charge in [0, 0.05) is 29.1 Å². The number of nitrogens with one attached hydrogen (secondary N) is 2. The number of aryl methyl sites for hydroxylation is 1. The molecule has 2 amide bonds. The van der Waals surface area contributed by atoms with E-state index >= 15 is 0 Å². The van der Waals surface area contributed by atoms with Crippen LogP contribution in [0.3, 0.4) is 0 Å². The molecule has 30 heavy (non-hydrogen) atoms. The number of methoxy groups -OCH3 is 1. The number of hydrogen-bond acceptors (Lipinski definition) is 6. The molecule has 2 N–H and O–H groups in total. The summed E-state index contributed by atoms with van der Waals surface area (Å²) in [6.07, 6.45) is 0.387. The van der Waals surface area contributed by atoms with Gasteiger partial charge in [0.25, 0.3) is 0 Å². The third kappa shape index (κ3) is 5.57. The monoisotopic (exact) mass is 428 g/mol. The van der Waals surface area contributed by atoms with Crippen LogP contribution in [0.2, 0.25) is 5.02 Å². The Balaban J connectivity index is 1.45. The average molecular weight is 429 g/mol. The van der Waals surface area contributed by atoms with Crippen LogP contribution in [0.5, 0.6) is 5.75 Å². The van der Waals surface area contributed by atoms with E-state index < -0.39 is 0 Å². The first-order valence-electron chi connectivity index (χ1n) is 9.25. The van der Waals surface area contributed by atoms with Crippen LogP contribution in [0.4, 0.5) is 5.69 Å². The van der Waals surface area contributed by atoms with Gasteiger partial charge in [-0.05, 0) is 48.9 Å². The topological polar surface area (TPSA) is 106 Å². The Hall–Kier alpha value is -3.39. The molecular weight excluding hydrogens is 408 g/mol. The van der Waals surface area contributed by atoms with Gasteiger partial charge < -0.3 is 19.9 Å². The summed E-state index contributed by atoms with van der Waals surface area (Å²) in [5, 5.41) is 9.78. The standard InChI is InChI=1S/C21H21ClN4O4/c1-13-16(22)4-3-5-17(13)24-19(28)12-23-18(27)10-11-20-25-21(26-30-20)14-6-8-15(29-2)9-7-14/h3-9H,10-12H2,1-2H3,(H,23,27)(H,24,28). The minimum absolute atomic E-state index is 0.119. The first-order valence-corrected chi connectivity index (χ1v) is 9.62. The van der Waals surface area contributed by atoms with Crippen LogP contribution in [-0.2, 0) is 16.0 Å². The molecule has 0 aliphatic rings. The third-order valence-corrected chi connectivity index (χ3v) is 4.78. The van der Waals surface area contributed by atoms with Crippen molar-refractivity contribution in [2.45, 2.75) is 19.8 Å². The highest BCUT2D eigenvalue weighted by atomic mass is 35.5. The third-order valence-electron chi connectivity index (χ3n) is 4.37. The van der Waals surface area contributed by atoms with Crippen molar-refractivity contribution < 1.29 is 18.8 Å². The molecule has 0 saturated carbocycles. The molecule has 156 valence electrons. The molecule has 1 aromatic heterocycles. The molecule has 0 atom stereocenters. The van der Waals surface area contributed by atoms with E-state index in [2.05, 4.69) is 20.8 Å². The van der Waals surface area contributed by atoms with Gasteiger partial charge in [0.2, 0.25) is 23.5 Å². The summed E-state index contributed by atoms with van der Waals surface area (Å²) in [7, 11) is 1.59. The van der Waals surface area contributed by atoms with E-state index in [9.17, 15) is 9.59 Å². The van der Waals surface area contributed by atoms with E-state index in [0.29, 0.717) is 22.4 Å². The lowest BCUT2D eigenvalue weighted by molar-refractivity contribution is -0.124. The van der Waals surface area contributed by atoms with Crippen molar-refractivity contribution in [1.29, 1.82) is 0 Å². The Morgan fingerprint density at radius 3 is 2.63 bits per heavy atom. The van der Waals surface area contributed by atoms with E-state index in [-0.39, 0.29) is 31.2 Å². The van der Waals surface area contributed by atoms with Gasteiger partial charge in [-0.25, -0.2) is 0 Å². The maximum atomic E-state index is 12.0. The van der Waals surface area contributed by atoms with Crippen molar-refractivity contribution >= 4 is 29.1 Å². The van der Waals surface area contributed by atoms with Gasteiger partial charge in [0.15, 0.2) is 0 Å². The fourth-order valence-electron chi connectivity index (χ4n) is 2.64. The number of hydrogen-bond donors (Lipinski definition) is 2. The SMILES string of the molecule is COc1ccc(-c2noc(CCC(=O)NCC(=O)Nc3cccc(Cl)c3C)n2)cc1. The Morgan fingerprint density at radius 1 is 1.13 bits per heavy atom. The predicted octanol–water partition coefficient (Wildman–Crippen LogP) is 3.39. The first-order chi connectivity index (χ1) is 14.5. The van der Waals surface area contributed by atoms with Crippen LogP contribution >= 0.6 is 11.6 Å². The molecule has 0 saturated heterocycles. The number of benzene rings is 2. The minimum Gasteiger partial charge on any atom is -0.497 e. The summed E-state index contributed by atoms with van der Waals surface area (Å²) in [6, 6.07) is 12.5. The van der Waals surface area contributed by atoms with Gasteiger partial charge in [0.1, 0.15) is 5.75 Å². The van der Waals surface area contributed by atoms with Crippen LogP contribution in [0.1, 0.15) is 17.9 Å². The lowest BCUT2D eigenvalue weighted by Crippen LogP contribution is -2.33. The fraction of sp³-hybridized carbons (Fsp3) is 0.238. The van der Waals surface area contributed by atoms with E-state index in [1.54, 1.807) is 44.4 Å². The molecule has 0 aliphatic heterocycles. The van der Waals surface area contributed by atoms with Gasteiger partial charge >= 0.3 is 0 Å². The maximum Gasteiger partial charge on any atom is 0.243 e. The zero-order valence-electron chi connectivity index (χ0n) is 16.6. The molecule has 3 rings (SSSR count). The largest absolute Gasteiger partial charge is 0.497 e. The van der Waals surface area contributed by atoms with Crippen LogP contribution in [-0.4, -0.2) is 35.6 Å². The lowest BCUT2D eigenvalue weighted by Gasteiger charge is -2.10. The van der Waals surface area contributed by atoms with Crippen LogP contribution in [0.15, 0.2) is 47.0 Å². The second-order valence-electron chi connectivity index (χ2n) is 6.48. The van der Waals surface area contributed by atoms with Gasteiger partial charge in [-0.15, -0.1) is 0 Å². The molecule has 0 unspecified atom stereocenters. The number of halogens is 1. The minimum atomic E-state index is -0.340. The highest BCUT2D eigenvalue weighted by Gasteiger charge is 2.12. The van der Waals surface area contributed by atoms with Crippen molar-refractivity contribution in [3.8, 4) is 17.1 Å². The Morgan fingerprint density at radius 2 is 1.90 bits per heavy atom. The summed E-state index contributed by atoms with van der Waals surface area (Å²) in [4.78, 5) is 28.4. The molecule has 2 aromatic carbocycles. The van der Waals surface area contributed by atoms with Gasteiger partial charge in [0.05, 0.1) is 13.7 Å². The summed E-state index contributed by atoms with van der Waals surface area (Å²) in [6.45, 7) is 1.66. The number of rotatable bonds is 8. The molecule has 0 fully saturated rings. The number of carbonyl (C=O) groups excluding carboxylic acids is 2. The molecule has 3 aromatic rings. The number of amides is 2. The Labute approximate surface area is 178 Å². The van der Waals surface area contributed by atoms with Gasteiger partial charge in [-0.1, -0.05) is 22.8 Å². The lowest BCUT2D eigenvalue weighted by atomic mass is 10.2. The van der Waals surface area contributed by atoms with Crippen LogP contribution in [0, 0.1) is 6.92 Å². The van der Waals surface area contributed by atoms with E-state index in [1.165, 1.54) is 0 Å². The first kappa shape index (κ1) is 21.3. The number of anilines is 1. The molecule has 0 aliphatic carbocycles. The fourth-order valence-corrected chi connectivity index (χ4v) is 2.81. The van der Waals surface area contributed by atoms with Crippen LogP contribution < -0.4 is 15.4 Å². The smallest absolute Gasteiger partial charge is 0.243 e. The number of ether oxygens (including phenoxy) is 1. The molecule has 1 heterocycles. The van der Waals surface area contributed by atoms with Crippen molar-refractivity contribution in [1.82, 2.24) is 15.5 Å². The Bertz CT molecular complexity index is 1030. The highest BCUT2D eigenvalue weighted by Crippen LogP contribution is 2.23. The van der Waals surface area contributed by atoms with Crippen molar-refractivity contribution in [3.05, 3.63) is 58.9 Å². The van der Waals surface area contributed by atoms with Gasteiger partial charge in [-0.2, -0.15) is 4.98 Å². The molecule has 0 spiro atoms. The van der Waals surface area contributed by atoms with E-state index in [4.69, 9.17) is 20.9 Å². The summed E-state index contributed by atoms with van der Waals surface area (Å²) >= 11 is 6.03. The average Bonchev–Trinajstić information content (AvgIpc) is 3.23. The zero-order chi connectivity index (χ0) is 21.5. The molecular formula is C21H21ClN4O4.